The molecule has 8 heteroatoms. The highest BCUT2D eigenvalue weighted by Crippen LogP contribution is 2.38. The molecule has 0 aromatic carbocycles. The molecule has 1 aliphatic carbocycles. The van der Waals surface area contributed by atoms with Crippen molar-refractivity contribution in [3.8, 4) is 0 Å². The number of amides is 1. The van der Waals surface area contributed by atoms with Crippen molar-refractivity contribution >= 4 is 27.9 Å². The lowest BCUT2D eigenvalue weighted by Crippen LogP contribution is -2.13. The minimum atomic E-state index is -4.33. The van der Waals surface area contributed by atoms with Gasteiger partial charge >= 0.3 is 6.18 Å². The maximum Gasteiger partial charge on any atom is 0.412 e. The van der Waals surface area contributed by atoms with E-state index in [0.29, 0.717) is 33.3 Å². The van der Waals surface area contributed by atoms with Crippen molar-refractivity contribution in [1.29, 1.82) is 0 Å². The lowest BCUT2D eigenvalue weighted by atomic mass is 9.97. The second-order valence-corrected chi connectivity index (χ2v) is 6.94. The van der Waals surface area contributed by atoms with Crippen LogP contribution in [0.2, 0.25) is 0 Å². The van der Waals surface area contributed by atoms with Crippen LogP contribution in [0.3, 0.4) is 0 Å². The van der Waals surface area contributed by atoms with Gasteiger partial charge in [-0.3, -0.25) is 15.1 Å². The van der Waals surface area contributed by atoms with Crippen LogP contribution in [0.1, 0.15) is 39.3 Å². The van der Waals surface area contributed by atoms with Crippen molar-refractivity contribution in [2.45, 2.75) is 32.9 Å². The second-order valence-electron chi connectivity index (χ2n) is 5.94. The van der Waals surface area contributed by atoms with Gasteiger partial charge < -0.3 is 0 Å². The third kappa shape index (κ3) is 3.85. The number of nitrogens with zero attached hydrogens (tertiary/aromatic N) is 2. The average molecular weight is 379 g/mol. The van der Waals surface area contributed by atoms with Crippen molar-refractivity contribution < 1.29 is 18.0 Å². The van der Waals surface area contributed by atoms with Gasteiger partial charge in [0, 0.05) is 23.5 Å². The normalized spacial score (nSPS) is 14.7. The van der Waals surface area contributed by atoms with Crippen LogP contribution >= 0.6 is 11.3 Å². The van der Waals surface area contributed by atoms with Gasteiger partial charge in [-0.05, 0) is 50.0 Å². The molecule has 1 amide bonds. The molecule has 2 aromatic rings. The number of carbonyl (C=O) groups excluding carboxylic acids is 1. The predicted octanol–water partition coefficient (Wildman–Crippen LogP) is 5.07. The fraction of sp³-hybridized carbons (Fsp3) is 0.278. The maximum absolute atomic E-state index is 13.0. The minimum Gasteiger partial charge on any atom is -0.298 e. The van der Waals surface area contributed by atoms with E-state index < -0.39 is 11.7 Å². The fourth-order valence-electron chi connectivity index (χ4n) is 2.69. The molecule has 26 heavy (non-hydrogen) atoms. The van der Waals surface area contributed by atoms with Crippen LogP contribution in [0.15, 0.2) is 36.2 Å². The molecular formula is C18H16F3N3OS. The first kappa shape index (κ1) is 18.3. The molecule has 0 saturated heterocycles. The Labute approximate surface area is 152 Å². The van der Waals surface area contributed by atoms with Gasteiger partial charge in [-0.25, -0.2) is 4.98 Å². The molecule has 1 aliphatic rings. The molecule has 0 unspecified atom stereocenters. The molecule has 4 nitrogen and oxygen atoms in total. The Morgan fingerprint density at radius 2 is 2.08 bits per heavy atom. The first-order valence-electron chi connectivity index (χ1n) is 7.93. The van der Waals surface area contributed by atoms with Crippen LogP contribution in [-0.2, 0) is 0 Å². The summed E-state index contributed by atoms with van der Waals surface area (Å²) in [6, 6.07) is 1.61. The van der Waals surface area contributed by atoms with Crippen molar-refractivity contribution in [1.82, 2.24) is 9.97 Å². The summed E-state index contributed by atoms with van der Waals surface area (Å²) < 4.78 is 38.9. The van der Waals surface area contributed by atoms with Crippen LogP contribution in [0, 0.1) is 13.8 Å². The summed E-state index contributed by atoms with van der Waals surface area (Å²) in [7, 11) is 0. The molecule has 3 rings (SSSR count). The molecule has 0 spiro atoms. The van der Waals surface area contributed by atoms with Crippen LogP contribution < -0.4 is 5.32 Å². The first-order valence-corrected chi connectivity index (χ1v) is 8.75. The number of aromatic nitrogens is 2. The van der Waals surface area contributed by atoms with Crippen molar-refractivity contribution in [2.24, 2.45) is 0 Å². The summed E-state index contributed by atoms with van der Waals surface area (Å²) >= 11 is 1.17. The van der Waals surface area contributed by atoms with Gasteiger partial charge in [-0.2, -0.15) is 13.2 Å². The first-order chi connectivity index (χ1) is 12.3. The Morgan fingerprint density at radius 3 is 2.77 bits per heavy atom. The zero-order chi connectivity index (χ0) is 18.9. The lowest BCUT2D eigenvalue weighted by molar-refractivity contribution is -0.0939. The number of halogens is 3. The molecule has 0 atom stereocenters. The highest BCUT2D eigenvalue weighted by atomic mass is 32.1. The van der Waals surface area contributed by atoms with Crippen LogP contribution in [0.4, 0.5) is 18.3 Å². The van der Waals surface area contributed by atoms with E-state index in [1.54, 1.807) is 32.2 Å². The number of anilines is 1. The number of hydrogen-bond acceptors (Lipinski definition) is 4. The molecule has 0 bridgehead atoms. The topological polar surface area (TPSA) is 54.9 Å². The van der Waals surface area contributed by atoms with Gasteiger partial charge in [0.15, 0.2) is 5.13 Å². The van der Waals surface area contributed by atoms with Gasteiger partial charge in [0.1, 0.15) is 0 Å². The van der Waals surface area contributed by atoms with Gasteiger partial charge in [0.2, 0.25) is 0 Å². The van der Waals surface area contributed by atoms with E-state index in [1.807, 2.05) is 0 Å². The number of aryl methyl sites for hydroxylation is 2. The van der Waals surface area contributed by atoms with Crippen LogP contribution in [0.25, 0.3) is 5.57 Å². The number of allylic oxidation sites excluding steroid dienone is 4. The number of alkyl halides is 3. The van der Waals surface area contributed by atoms with E-state index in [4.69, 9.17) is 0 Å². The molecule has 0 aliphatic heterocycles. The monoisotopic (exact) mass is 379 g/mol. The summed E-state index contributed by atoms with van der Waals surface area (Å²) in [6.07, 6.45) is 2.04. The predicted molar refractivity (Wildman–Crippen MR) is 95.1 cm³/mol. The Kier molecular flexibility index (Phi) is 4.95. The van der Waals surface area contributed by atoms with Gasteiger partial charge in [-0.1, -0.05) is 17.4 Å². The molecule has 0 radical (unpaired) electrons. The largest absolute Gasteiger partial charge is 0.412 e. The quantitative estimate of drug-likeness (QED) is 0.810. The highest BCUT2D eigenvalue weighted by Gasteiger charge is 2.34. The number of nitrogens with one attached hydrogen (secondary N) is 1. The second kappa shape index (κ2) is 7.03. The Bertz CT molecular complexity index is 913. The maximum atomic E-state index is 13.0. The molecular weight excluding hydrogens is 363 g/mol. The van der Waals surface area contributed by atoms with E-state index in [9.17, 15) is 18.0 Å². The van der Waals surface area contributed by atoms with E-state index in [-0.39, 0.29) is 12.3 Å². The molecule has 0 saturated carbocycles. The summed E-state index contributed by atoms with van der Waals surface area (Å²) in [6.45, 7) is 3.49. The van der Waals surface area contributed by atoms with Crippen LogP contribution in [-0.4, -0.2) is 22.1 Å². The molecule has 2 aromatic heterocycles. The Hall–Kier alpha value is -2.48. The van der Waals surface area contributed by atoms with Gasteiger partial charge in [-0.15, -0.1) is 0 Å². The van der Waals surface area contributed by atoms with E-state index in [0.717, 1.165) is 5.56 Å². The van der Waals surface area contributed by atoms with Crippen LogP contribution in [0.5, 0.6) is 0 Å². The number of rotatable bonds is 3. The summed E-state index contributed by atoms with van der Waals surface area (Å²) in [4.78, 5) is 21.2. The van der Waals surface area contributed by atoms with Crippen molar-refractivity contribution in [3.05, 3.63) is 57.9 Å². The van der Waals surface area contributed by atoms with E-state index >= 15 is 0 Å². The summed E-state index contributed by atoms with van der Waals surface area (Å²) in [5.74, 6) is -0.325. The molecule has 2 heterocycles. The molecule has 136 valence electrons. The van der Waals surface area contributed by atoms with E-state index in [1.165, 1.54) is 23.6 Å². The van der Waals surface area contributed by atoms with Crippen molar-refractivity contribution in [3.63, 3.8) is 0 Å². The zero-order valence-electron chi connectivity index (χ0n) is 14.1. The Balaban J connectivity index is 1.84. The zero-order valence-corrected chi connectivity index (χ0v) is 15.0. The van der Waals surface area contributed by atoms with Gasteiger partial charge in [0.25, 0.3) is 5.91 Å². The molecule has 0 fully saturated rings. The third-order valence-corrected chi connectivity index (χ3v) is 5.14. The standard InChI is InChI=1S/C18H16F3N3OS/c1-10-9-22-7-6-14(10)16(25)24-17-23-11(2)15(26-17)12-4-3-5-13(8-12)18(19,20)21/h4,6-9H,3,5H2,1-2H3,(H,23,24,25). The number of thiazole rings is 1. The number of pyridine rings is 1. The molecule has 1 N–H and O–H groups in total. The third-order valence-electron chi connectivity index (χ3n) is 4.02. The number of carbonyl (C=O) groups is 1. The highest BCUT2D eigenvalue weighted by molar-refractivity contribution is 7.17. The number of hydrogen-bond donors (Lipinski definition) is 1. The summed E-state index contributed by atoms with van der Waals surface area (Å²) in [5, 5.41) is 3.07. The van der Waals surface area contributed by atoms with Gasteiger partial charge in [0.05, 0.1) is 10.6 Å². The average Bonchev–Trinajstić information content (AvgIpc) is 2.95. The summed E-state index contributed by atoms with van der Waals surface area (Å²) in [5.41, 5.74) is 1.75. The minimum absolute atomic E-state index is 0.0181. The van der Waals surface area contributed by atoms with E-state index in [2.05, 4.69) is 15.3 Å². The lowest BCUT2D eigenvalue weighted by Gasteiger charge is -2.16. The fourth-order valence-corrected chi connectivity index (χ4v) is 3.67. The smallest absolute Gasteiger partial charge is 0.298 e. The Morgan fingerprint density at radius 1 is 1.31 bits per heavy atom. The SMILES string of the molecule is Cc1cnccc1C(=O)Nc1nc(C)c(C2=CCCC(C(F)(F)F)=C2)s1. The van der Waals surface area contributed by atoms with Crippen molar-refractivity contribution in [2.75, 3.05) is 5.32 Å².